The Morgan fingerprint density at radius 2 is 2.24 bits per heavy atom. The number of nitrogens with one attached hydrogen (secondary N) is 2. The minimum atomic E-state index is -0.307. The number of carbonyl (C=O) groups is 1. The van der Waals surface area contributed by atoms with E-state index in [1.54, 1.807) is 16.9 Å². The van der Waals surface area contributed by atoms with Crippen molar-refractivity contribution in [1.29, 1.82) is 0 Å². The van der Waals surface area contributed by atoms with Crippen LogP contribution in [0.3, 0.4) is 0 Å². The first-order valence-corrected chi connectivity index (χ1v) is 6.91. The number of fused-ring (bicyclic) bond motifs is 1. The highest BCUT2D eigenvalue weighted by Gasteiger charge is 2.19. The molecule has 2 N–H and O–H groups in total. The number of aryl methyl sites for hydroxylation is 2. The fourth-order valence-corrected chi connectivity index (χ4v) is 2.63. The van der Waals surface area contributed by atoms with E-state index in [0.29, 0.717) is 24.2 Å². The molecule has 0 bridgehead atoms. The van der Waals surface area contributed by atoms with Crippen LogP contribution in [0.4, 0.5) is 15.8 Å². The Morgan fingerprint density at radius 1 is 1.43 bits per heavy atom. The molecular formula is C15H17FN4O. The molecule has 0 aliphatic carbocycles. The molecule has 1 aromatic carbocycles. The van der Waals surface area contributed by atoms with Gasteiger partial charge in [0.1, 0.15) is 5.82 Å². The Labute approximate surface area is 122 Å². The third-order valence-corrected chi connectivity index (χ3v) is 3.76. The summed E-state index contributed by atoms with van der Waals surface area (Å²) >= 11 is 0. The lowest BCUT2D eigenvalue weighted by molar-refractivity contribution is -0.116. The first-order chi connectivity index (χ1) is 10.0. The number of anilines is 2. The summed E-state index contributed by atoms with van der Waals surface area (Å²) in [5, 5.41) is 10.0. The molecular weight excluding hydrogens is 271 g/mol. The smallest absolute Gasteiger partial charge is 0.224 e. The number of aromatic nitrogens is 2. The van der Waals surface area contributed by atoms with Gasteiger partial charge in [-0.05, 0) is 37.1 Å². The van der Waals surface area contributed by atoms with Gasteiger partial charge in [0.05, 0.1) is 17.4 Å². The van der Waals surface area contributed by atoms with Crippen LogP contribution in [-0.2, 0) is 18.3 Å². The fourth-order valence-electron chi connectivity index (χ4n) is 2.63. The fraction of sp³-hybridized carbons (Fsp3) is 0.333. The van der Waals surface area contributed by atoms with Crippen molar-refractivity contribution < 1.29 is 9.18 Å². The summed E-state index contributed by atoms with van der Waals surface area (Å²) in [6, 6.07) is 4.95. The van der Waals surface area contributed by atoms with Crippen LogP contribution >= 0.6 is 0 Å². The predicted octanol–water partition coefficient (Wildman–Crippen LogP) is 2.62. The van der Waals surface area contributed by atoms with Gasteiger partial charge < -0.3 is 10.6 Å². The van der Waals surface area contributed by atoms with Gasteiger partial charge in [-0.3, -0.25) is 9.48 Å². The molecule has 6 heteroatoms. The highest BCUT2D eigenvalue weighted by Crippen LogP contribution is 2.30. The second kappa shape index (κ2) is 5.20. The summed E-state index contributed by atoms with van der Waals surface area (Å²) in [5.41, 5.74) is 2.86. The largest absolute Gasteiger partial charge is 0.375 e. The Morgan fingerprint density at radius 3 is 2.95 bits per heavy atom. The van der Waals surface area contributed by atoms with E-state index in [1.165, 1.54) is 6.07 Å². The molecule has 0 fully saturated rings. The van der Waals surface area contributed by atoms with Gasteiger partial charge >= 0.3 is 0 Å². The Kier molecular flexibility index (Phi) is 3.37. The average molecular weight is 288 g/mol. The molecule has 1 aliphatic heterocycles. The van der Waals surface area contributed by atoms with Gasteiger partial charge in [-0.25, -0.2) is 4.39 Å². The zero-order chi connectivity index (χ0) is 15.0. The third kappa shape index (κ3) is 2.61. The van der Waals surface area contributed by atoms with Crippen molar-refractivity contribution in [1.82, 2.24) is 9.78 Å². The molecule has 110 valence electrons. The van der Waals surface area contributed by atoms with E-state index in [0.717, 1.165) is 11.3 Å². The van der Waals surface area contributed by atoms with E-state index in [4.69, 9.17) is 0 Å². The van der Waals surface area contributed by atoms with Crippen LogP contribution in [0.15, 0.2) is 24.4 Å². The lowest BCUT2D eigenvalue weighted by Gasteiger charge is -2.21. The van der Waals surface area contributed by atoms with Crippen LogP contribution in [0.2, 0.25) is 0 Å². The van der Waals surface area contributed by atoms with Gasteiger partial charge in [0.15, 0.2) is 0 Å². The number of benzene rings is 1. The topological polar surface area (TPSA) is 59.0 Å². The maximum Gasteiger partial charge on any atom is 0.224 e. The summed E-state index contributed by atoms with van der Waals surface area (Å²) in [7, 11) is 1.84. The van der Waals surface area contributed by atoms with E-state index in [9.17, 15) is 9.18 Å². The lowest BCUT2D eigenvalue weighted by atomic mass is 10.0. The standard InChI is InChI=1S/C15H17FN4O/c1-9(14-5-6-17-20(14)2)18-13-8-12-10(7-11(13)16)3-4-15(21)19-12/h5-9,18H,3-4H2,1-2H3,(H,19,21). The molecule has 0 radical (unpaired) electrons. The first kappa shape index (κ1) is 13.6. The van der Waals surface area contributed by atoms with Gasteiger partial charge in [0.2, 0.25) is 5.91 Å². The van der Waals surface area contributed by atoms with E-state index >= 15 is 0 Å². The van der Waals surface area contributed by atoms with Crippen molar-refractivity contribution in [3.8, 4) is 0 Å². The molecule has 1 amide bonds. The van der Waals surface area contributed by atoms with E-state index in [2.05, 4.69) is 15.7 Å². The highest BCUT2D eigenvalue weighted by atomic mass is 19.1. The third-order valence-electron chi connectivity index (χ3n) is 3.76. The van der Waals surface area contributed by atoms with Gasteiger partial charge in [-0.1, -0.05) is 0 Å². The van der Waals surface area contributed by atoms with E-state index in [-0.39, 0.29) is 17.8 Å². The maximum atomic E-state index is 14.2. The van der Waals surface area contributed by atoms with Crippen molar-refractivity contribution in [3.63, 3.8) is 0 Å². The molecule has 5 nitrogen and oxygen atoms in total. The summed E-state index contributed by atoms with van der Waals surface area (Å²) in [5.74, 6) is -0.335. The molecule has 2 aromatic rings. The Balaban J connectivity index is 1.87. The molecule has 3 rings (SSSR count). The van der Waals surface area contributed by atoms with Crippen molar-refractivity contribution in [2.75, 3.05) is 10.6 Å². The number of hydrogen-bond donors (Lipinski definition) is 2. The monoisotopic (exact) mass is 288 g/mol. The van der Waals surface area contributed by atoms with Crippen molar-refractivity contribution in [2.45, 2.75) is 25.8 Å². The molecule has 0 saturated carbocycles. The van der Waals surface area contributed by atoms with Crippen molar-refractivity contribution in [3.05, 3.63) is 41.5 Å². The maximum absolute atomic E-state index is 14.2. The number of amides is 1. The second-order valence-electron chi connectivity index (χ2n) is 5.28. The number of nitrogens with zero attached hydrogens (tertiary/aromatic N) is 2. The van der Waals surface area contributed by atoms with Crippen LogP contribution in [0.25, 0.3) is 0 Å². The van der Waals surface area contributed by atoms with Gasteiger partial charge in [0.25, 0.3) is 0 Å². The average Bonchev–Trinajstić information content (AvgIpc) is 2.86. The summed E-state index contributed by atoms with van der Waals surface area (Å²) < 4.78 is 15.9. The molecule has 2 heterocycles. The number of carbonyl (C=O) groups excluding carboxylic acids is 1. The highest BCUT2D eigenvalue weighted by molar-refractivity contribution is 5.94. The van der Waals surface area contributed by atoms with Crippen LogP contribution in [-0.4, -0.2) is 15.7 Å². The van der Waals surface area contributed by atoms with Crippen LogP contribution in [0.5, 0.6) is 0 Å². The predicted molar refractivity (Wildman–Crippen MR) is 78.6 cm³/mol. The summed E-state index contributed by atoms with van der Waals surface area (Å²) in [6.45, 7) is 1.94. The molecule has 1 aromatic heterocycles. The molecule has 1 aliphatic rings. The summed E-state index contributed by atoms with van der Waals surface area (Å²) in [6.07, 6.45) is 2.69. The SMILES string of the molecule is CC(Nc1cc2c(cc1F)CCC(=O)N2)c1ccnn1C. The first-order valence-electron chi connectivity index (χ1n) is 6.91. The molecule has 1 unspecified atom stereocenters. The zero-order valence-electron chi connectivity index (χ0n) is 12.0. The van der Waals surface area contributed by atoms with E-state index in [1.807, 2.05) is 20.0 Å². The van der Waals surface area contributed by atoms with Crippen LogP contribution in [0, 0.1) is 5.82 Å². The molecule has 0 spiro atoms. The van der Waals surface area contributed by atoms with Gasteiger partial charge in [0, 0.05) is 25.4 Å². The van der Waals surface area contributed by atoms with Crippen LogP contribution < -0.4 is 10.6 Å². The molecule has 1 atom stereocenters. The van der Waals surface area contributed by atoms with Crippen molar-refractivity contribution >= 4 is 17.3 Å². The number of hydrogen-bond acceptors (Lipinski definition) is 3. The minimum absolute atomic E-state index is 0.0280. The second-order valence-corrected chi connectivity index (χ2v) is 5.28. The zero-order valence-corrected chi connectivity index (χ0v) is 12.0. The quantitative estimate of drug-likeness (QED) is 0.912. The Hall–Kier alpha value is -2.37. The normalized spacial score (nSPS) is 15.3. The molecule has 21 heavy (non-hydrogen) atoms. The number of rotatable bonds is 3. The van der Waals surface area contributed by atoms with Gasteiger partial charge in [-0.2, -0.15) is 5.10 Å². The Bertz CT molecular complexity index is 695. The van der Waals surface area contributed by atoms with Gasteiger partial charge in [-0.15, -0.1) is 0 Å². The van der Waals surface area contributed by atoms with Crippen LogP contribution in [0.1, 0.15) is 30.6 Å². The van der Waals surface area contributed by atoms with E-state index < -0.39 is 0 Å². The lowest BCUT2D eigenvalue weighted by Crippen LogP contribution is -2.20. The molecule has 0 saturated heterocycles. The van der Waals surface area contributed by atoms with Crippen molar-refractivity contribution in [2.24, 2.45) is 7.05 Å². The minimum Gasteiger partial charge on any atom is -0.375 e. The number of halogens is 1. The summed E-state index contributed by atoms with van der Waals surface area (Å²) in [4.78, 5) is 11.4.